The molecule has 2 nitrogen and oxygen atoms in total. The summed E-state index contributed by atoms with van der Waals surface area (Å²) in [6.07, 6.45) is 0.472. The fourth-order valence-corrected chi connectivity index (χ4v) is 1.85. The molecule has 1 heterocycles. The number of benzene rings is 1. The van der Waals surface area contributed by atoms with Crippen molar-refractivity contribution in [2.75, 3.05) is 13.1 Å². The highest BCUT2D eigenvalue weighted by Crippen LogP contribution is 2.15. The Kier molecular flexibility index (Phi) is 2.98. The molecular weight excluding hydrogens is 200 g/mol. The van der Waals surface area contributed by atoms with Gasteiger partial charge in [0.1, 0.15) is 0 Å². The van der Waals surface area contributed by atoms with Crippen molar-refractivity contribution < 1.29 is 13.9 Å². The van der Waals surface area contributed by atoms with Crippen LogP contribution in [0.5, 0.6) is 0 Å². The SMILES string of the molecule is OC1CCN(Cc2ccc(F)c(F)c2)C1. The number of β-amino-alcohol motifs (C(OH)–C–C–N with tert-alkyl or cyclic N) is 1. The van der Waals surface area contributed by atoms with Crippen molar-refractivity contribution in [1.82, 2.24) is 4.90 Å². The molecule has 15 heavy (non-hydrogen) atoms. The highest BCUT2D eigenvalue weighted by Gasteiger charge is 2.20. The van der Waals surface area contributed by atoms with Gasteiger partial charge in [-0.3, -0.25) is 4.90 Å². The summed E-state index contributed by atoms with van der Waals surface area (Å²) in [6, 6.07) is 3.92. The van der Waals surface area contributed by atoms with E-state index in [0.717, 1.165) is 24.6 Å². The summed E-state index contributed by atoms with van der Waals surface area (Å²) in [6.45, 7) is 1.98. The normalized spacial score (nSPS) is 22.2. The van der Waals surface area contributed by atoms with Crippen molar-refractivity contribution in [3.8, 4) is 0 Å². The van der Waals surface area contributed by atoms with Crippen LogP contribution in [-0.4, -0.2) is 29.2 Å². The summed E-state index contributed by atoms with van der Waals surface area (Å²) in [5, 5.41) is 9.30. The van der Waals surface area contributed by atoms with Gasteiger partial charge < -0.3 is 5.11 Å². The van der Waals surface area contributed by atoms with Crippen LogP contribution in [-0.2, 0) is 6.54 Å². The summed E-state index contributed by atoms with van der Waals surface area (Å²) in [7, 11) is 0. The number of halogens is 2. The second-order valence-corrected chi connectivity index (χ2v) is 3.93. The third kappa shape index (κ3) is 2.52. The predicted octanol–water partition coefficient (Wildman–Crippen LogP) is 1.53. The first-order chi connectivity index (χ1) is 7.15. The van der Waals surface area contributed by atoms with Crippen molar-refractivity contribution >= 4 is 0 Å². The van der Waals surface area contributed by atoms with Crippen LogP contribution in [0, 0.1) is 11.6 Å². The summed E-state index contributed by atoms with van der Waals surface area (Å²) in [4.78, 5) is 2.03. The molecule has 0 saturated carbocycles. The maximum absolute atomic E-state index is 12.9. The van der Waals surface area contributed by atoms with E-state index in [1.807, 2.05) is 4.90 Å². The maximum Gasteiger partial charge on any atom is 0.159 e. The van der Waals surface area contributed by atoms with Gasteiger partial charge in [-0.1, -0.05) is 6.07 Å². The van der Waals surface area contributed by atoms with Crippen LogP contribution in [0.25, 0.3) is 0 Å². The lowest BCUT2D eigenvalue weighted by Gasteiger charge is -2.14. The number of likely N-dealkylation sites (tertiary alicyclic amines) is 1. The molecule has 0 amide bonds. The van der Waals surface area contributed by atoms with E-state index in [4.69, 9.17) is 0 Å². The summed E-state index contributed by atoms with van der Waals surface area (Å²) in [5.74, 6) is -1.63. The average Bonchev–Trinajstić information content (AvgIpc) is 2.58. The molecule has 1 N–H and O–H groups in total. The average molecular weight is 213 g/mol. The molecule has 1 aromatic carbocycles. The third-order valence-corrected chi connectivity index (χ3v) is 2.64. The topological polar surface area (TPSA) is 23.5 Å². The van der Waals surface area contributed by atoms with Crippen molar-refractivity contribution in [1.29, 1.82) is 0 Å². The number of hydrogen-bond acceptors (Lipinski definition) is 2. The van der Waals surface area contributed by atoms with Gasteiger partial charge in [0, 0.05) is 19.6 Å². The lowest BCUT2D eigenvalue weighted by atomic mass is 10.2. The molecule has 0 radical (unpaired) electrons. The van der Waals surface area contributed by atoms with Crippen molar-refractivity contribution in [3.63, 3.8) is 0 Å². The molecule has 1 fully saturated rings. The van der Waals surface area contributed by atoms with Crippen LogP contribution < -0.4 is 0 Å². The molecule has 1 aliphatic heterocycles. The standard InChI is InChI=1S/C11H13F2NO/c12-10-2-1-8(5-11(10)13)6-14-4-3-9(15)7-14/h1-2,5,9,15H,3-4,6-7H2. The zero-order valence-corrected chi connectivity index (χ0v) is 8.29. The van der Waals surface area contributed by atoms with Gasteiger partial charge in [-0.25, -0.2) is 8.78 Å². The van der Waals surface area contributed by atoms with Gasteiger partial charge in [0.15, 0.2) is 11.6 Å². The van der Waals surface area contributed by atoms with E-state index in [1.165, 1.54) is 6.07 Å². The summed E-state index contributed by atoms with van der Waals surface area (Å²) < 4.78 is 25.5. The number of nitrogens with zero attached hydrogens (tertiary/aromatic N) is 1. The molecule has 1 atom stereocenters. The second kappa shape index (κ2) is 4.24. The minimum absolute atomic E-state index is 0.282. The van der Waals surface area contributed by atoms with E-state index < -0.39 is 11.6 Å². The van der Waals surface area contributed by atoms with Crippen LogP contribution in [0.15, 0.2) is 18.2 Å². The van der Waals surface area contributed by atoms with Gasteiger partial charge in [0.05, 0.1) is 6.10 Å². The quantitative estimate of drug-likeness (QED) is 0.805. The van der Waals surface area contributed by atoms with Gasteiger partial charge in [0.2, 0.25) is 0 Å². The highest BCUT2D eigenvalue weighted by molar-refractivity contribution is 5.17. The fourth-order valence-electron chi connectivity index (χ4n) is 1.85. The molecular formula is C11H13F2NO. The van der Waals surface area contributed by atoms with Crippen molar-refractivity contribution in [2.45, 2.75) is 19.1 Å². The zero-order chi connectivity index (χ0) is 10.8. The van der Waals surface area contributed by atoms with Gasteiger partial charge >= 0.3 is 0 Å². The van der Waals surface area contributed by atoms with Crippen LogP contribution in [0.3, 0.4) is 0 Å². The van der Waals surface area contributed by atoms with Gasteiger partial charge in [-0.2, -0.15) is 0 Å². The van der Waals surface area contributed by atoms with Crippen LogP contribution in [0.2, 0.25) is 0 Å². The lowest BCUT2D eigenvalue weighted by molar-refractivity contribution is 0.174. The number of rotatable bonds is 2. The van der Waals surface area contributed by atoms with Crippen molar-refractivity contribution in [3.05, 3.63) is 35.4 Å². The molecule has 1 unspecified atom stereocenters. The Bertz CT molecular complexity index is 356. The second-order valence-electron chi connectivity index (χ2n) is 3.93. The monoisotopic (exact) mass is 213 g/mol. The smallest absolute Gasteiger partial charge is 0.159 e. The van der Waals surface area contributed by atoms with E-state index in [1.54, 1.807) is 6.07 Å². The third-order valence-electron chi connectivity index (χ3n) is 2.64. The van der Waals surface area contributed by atoms with Crippen LogP contribution >= 0.6 is 0 Å². The zero-order valence-electron chi connectivity index (χ0n) is 8.29. The van der Waals surface area contributed by atoms with Crippen molar-refractivity contribution in [2.24, 2.45) is 0 Å². The molecule has 1 aromatic rings. The largest absolute Gasteiger partial charge is 0.392 e. The number of hydrogen-bond donors (Lipinski definition) is 1. The van der Waals surface area contributed by atoms with E-state index in [9.17, 15) is 13.9 Å². The molecule has 4 heteroatoms. The first-order valence-electron chi connectivity index (χ1n) is 4.99. The molecule has 2 rings (SSSR count). The minimum atomic E-state index is -0.819. The van der Waals surface area contributed by atoms with Gasteiger partial charge in [-0.15, -0.1) is 0 Å². The first-order valence-corrected chi connectivity index (χ1v) is 4.99. The van der Waals surface area contributed by atoms with E-state index in [2.05, 4.69) is 0 Å². The van der Waals surface area contributed by atoms with E-state index in [0.29, 0.717) is 13.1 Å². The Labute approximate surface area is 87.1 Å². The van der Waals surface area contributed by atoms with Gasteiger partial charge in [0.25, 0.3) is 0 Å². The summed E-state index contributed by atoms with van der Waals surface area (Å²) >= 11 is 0. The van der Waals surface area contributed by atoms with E-state index in [-0.39, 0.29) is 6.10 Å². The molecule has 0 aliphatic carbocycles. The number of aliphatic hydroxyl groups is 1. The Morgan fingerprint density at radius 2 is 2.13 bits per heavy atom. The Morgan fingerprint density at radius 3 is 2.73 bits per heavy atom. The molecule has 0 spiro atoms. The fraction of sp³-hybridized carbons (Fsp3) is 0.455. The highest BCUT2D eigenvalue weighted by atomic mass is 19.2. The molecule has 82 valence electrons. The van der Waals surface area contributed by atoms with Gasteiger partial charge in [-0.05, 0) is 24.1 Å². The van der Waals surface area contributed by atoms with Crippen LogP contribution in [0.1, 0.15) is 12.0 Å². The molecule has 1 aliphatic rings. The Morgan fingerprint density at radius 1 is 1.33 bits per heavy atom. The summed E-state index contributed by atoms with van der Waals surface area (Å²) in [5.41, 5.74) is 0.739. The lowest BCUT2D eigenvalue weighted by Crippen LogP contribution is -2.21. The first kappa shape index (κ1) is 10.5. The van der Waals surface area contributed by atoms with E-state index >= 15 is 0 Å². The molecule has 0 aromatic heterocycles. The predicted molar refractivity (Wildman–Crippen MR) is 52.3 cm³/mol. The number of aliphatic hydroxyl groups excluding tert-OH is 1. The maximum atomic E-state index is 12.9. The molecule has 1 saturated heterocycles. The van der Waals surface area contributed by atoms with Crippen LogP contribution in [0.4, 0.5) is 8.78 Å². The Balaban J connectivity index is 2.02. The Hall–Kier alpha value is -1.00. The molecule has 0 bridgehead atoms. The minimum Gasteiger partial charge on any atom is -0.392 e.